The second kappa shape index (κ2) is 7.04. The van der Waals surface area contributed by atoms with Crippen molar-refractivity contribution in [3.8, 4) is 5.75 Å². The predicted molar refractivity (Wildman–Crippen MR) is 75.1 cm³/mol. The third kappa shape index (κ3) is 4.18. The smallest absolute Gasteiger partial charge is 0.125 e. The van der Waals surface area contributed by atoms with E-state index in [-0.39, 0.29) is 6.61 Å². The summed E-state index contributed by atoms with van der Waals surface area (Å²) in [6, 6.07) is 4.06. The van der Waals surface area contributed by atoms with Crippen LogP contribution in [0.1, 0.15) is 50.7 Å². The standard InChI is InChI=1S/C16H23FO3/c1-11(18)15-9-13(17)6-7-16(15)20-10-14(19)8-12-4-2-3-5-12/h6-7,9,11-12,14,18-19H,2-5,8,10H2,1H3/t11-,14?/m1/s1. The Labute approximate surface area is 119 Å². The molecule has 0 aliphatic heterocycles. The molecular formula is C16H23FO3. The van der Waals surface area contributed by atoms with Gasteiger partial charge in [0.05, 0.1) is 12.2 Å². The third-order valence-electron chi connectivity index (χ3n) is 3.93. The molecule has 0 bridgehead atoms. The van der Waals surface area contributed by atoms with Gasteiger partial charge in [-0.1, -0.05) is 25.7 Å². The Morgan fingerprint density at radius 3 is 2.65 bits per heavy atom. The molecule has 3 nitrogen and oxygen atoms in total. The first-order chi connectivity index (χ1) is 9.56. The number of aliphatic hydroxyl groups is 2. The Morgan fingerprint density at radius 2 is 2.00 bits per heavy atom. The first kappa shape index (κ1) is 15.3. The highest BCUT2D eigenvalue weighted by Crippen LogP contribution is 2.29. The molecule has 2 N–H and O–H groups in total. The normalized spacial score (nSPS) is 19.0. The summed E-state index contributed by atoms with van der Waals surface area (Å²) in [5.41, 5.74) is 0.415. The fraction of sp³-hybridized carbons (Fsp3) is 0.625. The molecule has 0 spiro atoms. The van der Waals surface area contributed by atoms with Crippen molar-refractivity contribution in [1.29, 1.82) is 0 Å². The quantitative estimate of drug-likeness (QED) is 0.842. The fourth-order valence-corrected chi connectivity index (χ4v) is 2.86. The largest absolute Gasteiger partial charge is 0.491 e. The molecule has 20 heavy (non-hydrogen) atoms. The van der Waals surface area contributed by atoms with Crippen LogP contribution in [0.3, 0.4) is 0 Å². The Bertz CT molecular complexity index is 428. The minimum atomic E-state index is -0.798. The van der Waals surface area contributed by atoms with Gasteiger partial charge in [0.2, 0.25) is 0 Å². The minimum absolute atomic E-state index is 0.182. The molecule has 1 unspecified atom stereocenters. The summed E-state index contributed by atoms with van der Waals surface area (Å²) in [6.07, 6.45) is 4.33. The van der Waals surface area contributed by atoms with Crippen molar-refractivity contribution in [2.45, 2.75) is 51.2 Å². The van der Waals surface area contributed by atoms with Gasteiger partial charge in [-0.15, -0.1) is 0 Å². The van der Waals surface area contributed by atoms with E-state index in [1.807, 2.05) is 0 Å². The van der Waals surface area contributed by atoms with Crippen molar-refractivity contribution in [3.63, 3.8) is 0 Å². The number of ether oxygens (including phenoxy) is 1. The van der Waals surface area contributed by atoms with Crippen molar-refractivity contribution >= 4 is 0 Å². The van der Waals surface area contributed by atoms with E-state index in [2.05, 4.69) is 0 Å². The molecule has 1 fully saturated rings. The molecule has 1 saturated carbocycles. The van der Waals surface area contributed by atoms with Crippen LogP contribution < -0.4 is 4.74 Å². The molecule has 2 rings (SSSR count). The van der Waals surface area contributed by atoms with Gasteiger partial charge in [-0.05, 0) is 37.5 Å². The highest BCUT2D eigenvalue weighted by atomic mass is 19.1. The molecular weight excluding hydrogens is 259 g/mol. The molecule has 0 aromatic heterocycles. The maximum Gasteiger partial charge on any atom is 0.125 e. The van der Waals surface area contributed by atoms with E-state index < -0.39 is 18.0 Å². The molecule has 0 saturated heterocycles. The third-order valence-corrected chi connectivity index (χ3v) is 3.93. The summed E-state index contributed by atoms with van der Waals surface area (Å²) in [4.78, 5) is 0. The lowest BCUT2D eigenvalue weighted by Crippen LogP contribution is -2.21. The molecule has 1 aromatic carbocycles. The van der Waals surface area contributed by atoms with Gasteiger partial charge in [0.1, 0.15) is 18.2 Å². The number of halogens is 1. The summed E-state index contributed by atoms with van der Waals surface area (Å²) in [5, 5.41) is 19.6. The lowest BCUT2D eigenvalue weighted by molar-refractivity contribution is 0.0832. The van der Waals surface area contributed by atoms with Gasteiger partial charge in [-0.3, -0.25) is 0 Å². The lowest BCUT2D eigenvalue weighted by Gasteiger charge is -2.18. The van der Waals surface area contributed by atoms with Crippen molar-refractivity contribution in [2.24, 2.45) is 5.92 Å². The maximum absolute atomic E-state index is 13.2. The molecule has 2 atom stereocenters. The van der Waals surface area contributed by atoms with Crippen LogP contribution in [-0.4, -0.2) is 22.9 Å². The van der Waals surface area contributed by atoms with E-state index in [9.17, 15) is 14.6 Å². The molecule has 112 valence electrons. The van der Waals surface area contributed by atoms with Crippen molar-refractivity contribution in [3.05, 3.63) is 29.6 Å². The van der Waals surface area contributed by atoms with Crippen LogP contribution in [0.25, 0.3) is 0 Å². The zero-order chi connectivity index (χ0) is 14.5. The Kier molecular flexibility index (Phi) is 5.38. The Balaban J connectivity index is 1.89. The number of aliphatic hydroxyl groups excluding tert-OH is 2. The molecule has 1 aliphatic rings. The molecule has 0 amide bonds. The van der Waals surface area contributed by atoms with Crippen LogP contribution in [0.5, 0.6) is 5.75 Å². The average molecular weight is 282 g/mol. The van der Waals surface area contributed by atoms with Crippen molar-refractivity contribution < 1.29 is 19.3 Å². The van der Waals surface area contributed by atoms with Crippen LogP contribution in [0.15, 0.2) is 18.2 Å². The molecule has 1 aromatic rings. The van der Waals surface area contributed by atoms with E-state index in [4.69, 9.17) is 4.74 Å². The molecule has 0 heterocycles. The van der Waals surface area contributed by atoms with Crippen molar-refractivity contribution in [1.82, 2.24) is 0 Å². The van der Waals surface area contributed by atoms with E-state index in [1.165, 1.54) is 43.9 Å². The zero-order valence-corrected chi connectivity index (χ0v) is 11.9. The van der Waals surface area contributed by atoms with Gasteiger partial charge < -0.3 is 14.9 Å². The number of hydrogen-bond acceptors (Lipinski definition) is 3. The Morgan fingerprint density at radius 1 is 1.30 bits per heavy atom. The molecule has 4 heteroatoms. The van der Waals surface area contributed by atoms with E-state index in [0.717, 1.165) is 6.42 Å². The minimum Gasteiger partial charge on any atom is -0.491 e. The van der Waals surface area contributed by atoms with Crippen LogP contribution >= 0.6 is 0 Å². The van der Waals surface area contributed by atoms with Crippen LogP contribution in [-0.2, 0) is 0 Å². The Hall–Kier alpha value is -1.13. The van der Waals surface area contributed by atoms with E-state index in [1.54, 1.807) is 6.92 Å². The number of hydrogen-bond donors (Lipinski definition) is 2. The number of rotatable bonds is 6. The topological polar surface area (TPSA) is 49.7 Å². The number of benzene rings is 1. The van der Waals surface area contributed by atoms with Gasteiger partial charge in [-0.2, -0.15) is 0 Å². The van der Waals surface area contributed by atoms with Gasteiger partial charge >= 0.3 is 0 Å². The molecule has 1 aliphatic carbocycles. The van der Waals surface area contributed by atoms with Gasteiger partial charge in [0.25, 0.3) is 0 Å². The van der Waals surface area contributed by atoms with E-state index in [0.29, 0.717) is 17.2 Å². The monoisotopic (exact) mass is 282 g/mol. The first-order valence-corrected chi connectivity index (χ1v) is 7.34. The van der Waals surface area contributed by atoms with E-state index >= 15 is 0 Å². The SMILES string of the molecule is C[C@@H](O)c1cc(F)ccc1OCC(O)CC1CCCC1. The summed E-state index contributed by atoms with van der Waals surface area (Å²) in [5.74, 6) is 0.629. The van der Waals surface area contributed by atoms with Crippen molar-refractivity contribution in [2.75, 3.05) is 6.61 Å². The average Bonchev–Trinajstić information content (AvgIpc) is 2.90. The maximum atomic E-state index is 13.2. The van der Waals surface area contributed by atoms with Crippen LogP contribution in [0.2, 0.25) is 0 Å². The van der Waals surface area contributed by atoms with Gasteiger partial charge in [-0.25, -0.2) is 4.39 Å². The highest BCUT2D eigenvalue weighted by Gasteiger charge is 2.19. The summed E-state index contributed by atoms with van der Waals surface area (Å²) in [6.45, 7) is 1.75. The summed E-state index contributed by atoms with van der Waals surface area (Å²) >= 11 is 0. The summed E-state index contributed by atoms with van der Waals surface area (Å²) in [7, 11) is 0. The molecule has 0 radical (unpaired) electrons. The zero-order valence-electron chi connectivity index (χ0n) is 11.9. The second-order valence-corrected chi connectivity index (χ2v) is 5.71. The fourth-order valence-electron chi connectivity index (χ4n) is 2.86. The second-order valence-electron chi connectivity index (χ2n) is 5.71. The first-order valence-electron chi connectivity index (χ1n) is 7.34. The van der Waals surface area contributed by atoms with Crippen LogP contribution in [0.4, 0.5) is 4.39 Å². The van der Waals surface area contributed by atoms with Gasteiger partial charge in [0, 0.05) is 5.56 Å². The highest BCUT2D eigenvalue weighted by molar-refractivity contribution is 5.35. The van der Waals surface area contributed by atoms with Gasteiger partial charge in [0.15, 0.2) is 0 Å². The van der Waals surface area contributed by atoms with Crippen LogP contribution in [0, 0.1) is 11.7 Å². The summed E-state index contributed by atoms with van der Waals surface area (Å²) < 4.78 is 18.7. The predicted octanol–water partition coefficient (Wildman–Crippen LogP) is 3.20. The lowest BCUT2D eigenvalue weighted by atomic mass is 10.0.